The van der Waals surface area contributed by atoms with Crippen LogP contribution in [0.25, 0.3) is 11.4 Å². The third-order valence-electron chi connectivity index (χ3n) is 3.48. The van der Waals surface area contributed by atoms with Gasteiger partial charge in [0.2, 0.25) is 5.91 Å². The summed E-state index contributed by atoms with van der Waals surface area (Å²) in [6.07, 6.45) is 7.86. The molecule has 0 fully saturated rings. The Bertz CT molecular complexity index is 704. The van der Waals surface area contributed by atoms with E-state index < -0.39 is 0 Å². The van der Waals surface area contributed by atoms with E-state index in [1.807, 2.05) is 12.1 Å². The number of hydrogen-bond acceptors (Lipinski definition) is 5. The predicted molar refractivity (Wildman–Crippen MR) is 101 cm³/mol. The Morgan fingerprint density at radius 3 is 2.52 bits per heavy atom. The summed E-state index contributed by atoms with van der Waals surface area (Å²) in [5, 5.41) is 9.34. The molecule has 0 N–H and O–H groups in total. The zero-order valence-electron chi connectivity index (χ0n) is 14.5. The van der Waals surface area contributed by atoms with E-state index in [9.17, 15) is 4.79 Å². The molecule has 25 heavy (non-hydrogen) atoms. The monoisotopic (exact) mass is 357 g/mol. The van der Waals surface area contributed by atoms with Gasteiger partial charge in [-0.1, -0.05) is 30.8 Å². The summed E-state index contributed by atoms with van der Waals surface area (Å²) < 4.78 is 2.05. The van der Waals surface area contributed by atoms with Crippen molar-refractivity contribution in [2.75, 3.05) is 18.8 Å². The second kappa shape index (κ2) is 9.78. The van der Waals surface area contributed by atoms with Gasteiger partial charge in [-0.15, -0.1) is 23.4 Å². The molecular weight excluding hydrogens is 334 g/mol. The van der Waals surface area contributed by atoms with Gasteiger partial charge in [0.25, 0.3) is 0 Å². The summed E-state index contributed by atoms with van der Waals surface area (Å²) in [4.78, 5) is 18.1. The van der Waals surface area contributed by atoms with Crippen molar-refractivity contribution in [2.24, 2.45) is 0 Å². The maximum Gasteiger partial charge on any atom is 0.233 e. The first-order valence-corrected chi connectivity index (χ1v) is 9.15. The van der Waals surface area contributed by atoms with Crippen LogP contribution in [0.15, 0.2) is 55.0 Å². The highest BCUT2D eigenvalue weighted by atomic mass is 32.2. The quantitative estimate of drug-likeness (QED) is 0.483. The lowest BCUT2D eigenvalue weighted by molar-refractivity contribution is -0.127. The number of hydrogen-bond donors (Lipinski definition) is 0. The van der Waals surface area contributed by atoms with Gasteiger partial charge >= 0.3 is 0 Å². The Morgan fingerprint density at radius 2 is 1.92 bits per heavy atom. The first kappa shape index (κ1) is 18.9. The van der Waals surface area contributed by atoms with Gasteiger partial charge in [0.05, 0.1) is 5.75 Å². The third-order valence-corrected chi connectivity index (χ3v) is 4.43. The third kappa shape index (κ3) is 5.03. The molecule has 0 saturated carbocycles. The van der Waals surface area contributed by atoms with Crippen LogP contribution in [0.1, 0.15) is 13.3 Å². The second-order valence-electron chi connectivity index (χ2n) is 5.36. The van der Waals surface area contributed by atoms with E-state index in [0.717, 1.165) is 29.5 Å². The Kier molecular flexibility index (Phi) is 7.40. The fourth-order valence-corrected chi connectivity index (χ4v) is 3.21. The van der Waals surface area contributed by atoms with Crippen molar-refractivity contribution in [3.8, 4) is 11.4 Å². The van der Waals surface area contributed by atoms with Gasteiger partial charge in [-0.3, -0.25) is 9.78 Å². The number of carbonyl (C=O) groups excluding carboxylic acids is 1. The minimum Gasteiger partial charge on any atom is -0.335 e. The van der Waals surface area contributed by atoms with E-state index in [-0.39, 0.29) is 5.91 Å². The van der Waals surface area contributed by atoms with E-state index in [1.165, 1.54) is 11.8 Å². The lowest BCUT2D eigenvalue weighted by Crippen LogP contribution is -2.32. The number of carbonyl (C=O) groups is 1. The van der Waals surface area contributed by atoms with Crippen molar-refractivity contribution >= 4 is 17.7 Å². The highest BCUT2D eigenvalue weighted by Crippen LogP contribution is 2.24. The minimum atomic E-state index is 0.0290. The van der Waals surface area contributed by atoms with Gasteiger partial charge in [0.1, 0.15) is 0 Å². The summed E-state index contributed by atoms with van der Waals surface area (Å²) in [6, 6.07) is 3.82. The molecular formula is C18H23N5OS. The summed E-state index contributed by atoms with van der Waals surface area (Å²) in [5.41, 5.74) is 0.967. The van der Waals surface area contributed by atoms with Crippen LogP contribution < -0.4 is 0 Å². The van der Waals surface area contributed by atoms with E-state index >= 15 is 0 Å². The van der Waals surface area contributed by atoms with Crippen molar-refractivity contribution in [3.05, 3.63) is 49.8 Å². The van der Waals surface area contributed by atoms with Crippen molar-refractivity contribution in [3.63, 3.8) is 0 Å². The standard InChI is InChI=1S/C18H23N5OS/c1-4-11-22(12-5-2)16(24)14-25-18-21-20-17(23(18)13-6-3)15-7-9-19-10-8-15/h4-5,7-10H,1-2,6,11-14H2,3H3. The molecule has 0 atom stereocenters. The summed E-state index contributed by atoms with van der Waals surface area (Å²) in [6.45, 7) is 11.3. The lowest BCUT2D eigenvalue weighted by atomic mass is 10.2. The van der Waals surface area contributed by atoms with Gasteiger partial charge in [-0.2, -0.15) is 0 Å². The molecule has 0 bridgehead atoms. The average molecular weight is 357 g/mol. The molecule has 0 spiro atoms. The van der Waals surface area contributed by atoms with Crippen molar-refractivity contribution in [1.82, 2.24) is 24.6 Å². The van der Waals surface area contributed by atoms with E-state index in [0.29, 0.717) is 18.8 Å². The van der Waals surface area contributed by atoms with Gasteiger partial charge in [0, 0.05) is 37.6 Å². The molecule has 2 aromatic rings. The van der Waals surface area contributed by atoms with Gasteiger partial charge in [0.15, 0.2) is 11.0 Å². The van der Waals surface area contributed by atoms with Crippen LogP contribution >= 0.6 is 11.8 Å². The van der Waals surface area contributed by atoms with Crippen LogP contribution in [0.3, 0.4) is 0 Å². The predicted octanol–water partition coefficient (Wildman–Crippen LogP) is 3.04. The van der Waals surface area contributed by atoms with Crippen LogP contribution in [0.5, 0.6) is 0 Å². The van der Waals surface area contributed by atoms with E-state index in [2.05, 4.69) is 39.8 Å². The molecule has 2 rings (SSSR count). The first-order chi connectivity index (χ1) is 12.2. The van der Waals surface area contributed by atoms with Gasteiger partial charge < -0.3 is 9.47 Å². The van der Waals surface area contributed by atoms with E-state index in [4.69, 9.17) is 0 Å². The smallest absolute Gasteiger partial charge is 0.233 e. The number of aromatic nitrogens is 4. The topological polar surface area (TPSA) is 63.9 Å². The normalized spacial score (nSPS) is 10.4. The molecule has 0 unspecified atom stereocenters. The largest absolute Gasteiger partial charge is 0.335 e. The van der Waals surface area contributed by atoms with Crippen LogP contribution in [0.4, 0.5) is 0 Å². The van der Waals surface area contributed by atoms with Gasteiger partial charge in [-0.05, 0) is 18.6 Å². The minimum absolute atomic E-state index is 0.0290. The summed E-state index contributed by atoms with van der Waals surface area (Å²) in [7, 11) is 0. The van der Waals surface area contributed by atoms with Crippen molar-refractivity contribution in [2.45, 2.75) is 25.0 Å². The Balaban J connectivity index is 2.14. The molecule has 132 valence electrons. The first-order valence-electron chi connectivity index (χ1n) is 8.17. The highest BCUT2D eigenvalue weighted by molar-refractivity contribution is 7.99. The molecule has 0 radical (unpaired) electrons. The summed E-state index contributed by atoms with van der Waals surface area (Å²) in [5.74, 6) is 1.13. The Labute approximate surface area is 152 Å². The molecule has 0 saturated heterocycles. The Morgan fingerprint density at radius 1 is 1.24 bits per heavy atom. The number of rotatable bonds is 10. The van der Waals surface area contributed by atoms with Crippen LogP contribution in [-0.2, 0) is 11.3 Å². The highest BCUT2D eigenvalue weighted by Gasteiger charge is 2.17. The lowest BCUT2D eigenvalue weighted by Gasteiger charge is -2.18. The second-order valence-corrected chi connectivity index (χ2v) is 6.30. The van der Waals surface area contributed by atoms with E-state index in [1.54, 1.807) is 29.4 Å². The number of nitrogens with zero attached hydrogens (tertiary/aromatic N) is 5. The molecule has 6 nitrogen and oxygen atoms in total. The molecule has 2 aromatic heterocycles. The molecule has 0 aliphatic carbocycles. The number of pyridine rings is 1. The molecule has 0 aliphatic heterocycles. The maximum absolute atomic E-state index is 12.4. The summed E-state index contributed by atoms with van der Waals surface area (Å²) >= 11 is 1.40. The average Bonchev–Trinajstić information content (AvgIpc) is 3.03. The fraction of sp³-hybridized carbons (Fsp3) is 0.333. The zero-order valence-corrected chi connectivity index (χ0v) is 15.3. The fourth-order valence-electron chi connectivity index (χ4n) is 2.34. The van der Waals surface area contributed by atoms with Gasteiger partial charge in [-0.25, -0.2) is 0 Å². The number of amides is 1. The zero-order chi connectivity index (χ0) is 18.1. The maximum atomic E-state index is 12.4. The van der Waals surface area contributed by atoms with Crippen LogP contribution in [-0.4, -0.2) is 49.4 Å². The Hall–Kier alpha value is -2.41. The molecule has 7 heteroatoms. The molecule has 2 heterocycles. The van der Waals surface area contributed by atoms with Crippen molar-refractivity contribution < 1.29 is 4.79 Å². The van der Waals surface area contributed by atoms with Crippen LogP contribution in [0, 0.1) is 0 Å². The molecule has 1 amide bonds. The number of thioether (sulfide) groups is 1. The molecule has 0 aliphatic rings. The molecule has 0 aromatic carbocycles. The SMILES string of the molecule is C=CCN(CC=C)C(=O)CSc1nnc(-c2ccncc2)n1CCC. The van der Waals surface area contributed by atoms with Crippen molar-refractivity contribution in [1.29, 1.82) is 0 Å². The van der Waals surface area contributed by atoms with Crippen LogP contribution in [0.2, 0.25) is 0 Å².